The Bertz CT molecular complexity index is 2230. The lowest BCUT2D eigenvalue weighted by molar-refractivity contribution is 0.0635. The lowest BCUT2D eigenvalue weighted by Crippen LogP contribution is -2.35. The Hall–Kier alpha value is -5.16. The van der Waals surface area contributed by atoms with Crippen LogP contribution in [0.4, 0.5) is 16.2 Å². The molecular weight excluding hydrogens is 614 g/mol. The SMILES string of the molecule is Cc1csc2c1C13C(=CC2=O)N(C(=O)c2cc4cc(NC(=O)c5cc6cc(NC(=O)OC(C)(C)C)ccc6[nH]5)ccc4[nH]2)CC1[C@@H]3C. The number of aryl methyl sites for hydroxylation is 1. The number of ketones is 1. The smallest absolute Gasteiger partial charge is 0.412 e. The molecule has 238 valence electrons. The summed E-state index contributed by atoms with van der Waals surface area (Å²) < 4.78 is 5.32. The molecule has 2 aromatic carbocycles. The minimum atomic E-state index is -0.618. The van der Waals surface area contributed by atoms with Crippen LogP contribution in [0.1, 0.15) is 69.5 Å². The Morgan fingerprint density at radius 3 is 2.28 bits per heavy atom. The van der Waals surface area contributed by atoms with Gasteiger partial charge in [-0.05, 0) is 105 Å². The first-order chi connectivity index (χ1) is 22.3. The van der Waals surface area contributed by atoms with E-state index in [0.29, 0.717) is 41.1 Å². The molecular formula is C36H33N5O5S. The molecule has 0 radical (unpaired) electrons. The predicted octanol–water partition coefficient (Wildman–Crippen LogP) is 7.36. The van der Waals surface area contributed by atoms with Crippen LogP contribution in [-0.4, -0.2) is 50.7 Å². The van der Waals surface area contributed by atoms with Crippen LogP contribution in [0.5, 0.6) is 0 Å². The molecule has 1 saturated carbocycles. The number of nitrogens with zero attached hydrogens (tertiary/aromatic N) is 1. The number of amides is 3. The number of benzene rings is 2. The average molecular weight is 648 g/mol. The van der Waals surface area contributed by atoms with Gasteiger partial charge < -0.3 is 24.9 Å². The van der Waals surface area contributed by atoms with Crippen molar-refractivity contribution in [1.82, 2.24) is 14.9 Å². The van der Waals surface area contributed by atoms with Gasteiger partial charge in [-0.1, -0.05) is 6.92 Å². The maximum absolute atomic E-state index is 13.9. The van der Waals surface area contributed by atoms with Gasteiger partial charge in [0.05, 0.1) is 4.88 Å². The monoisotopic (exact) mass is 647 g/mol. The molecule has 3 amide bonds. The number of carbonyl (C=O) groups is 4. The number of thiophene rings is 1. The molecule has 47 heavy (non-hydrogen) atoms. The zero-order valence-corrected chi connectivity index (χ0v) is 27.3. The molecule has 11 heteroatoms. The van der Waals surface area contributed by atoms with Crippen molar-refractivity contribution in [1.29, 1.82) is 0 Å². The average Bonchev–Trinajstić information content (AvgIpc) is 3.59. The minimum absolute atomic E-state index is 0.0267. The Balaban J connectivity index is 0.995. The normalized spacial score (nSPS) is 21.3. The van der Waals surface area contributed by atoms with E-state index in [1.54, 1.807) is 68.1 Å². The van der Waals surface area contributed by atoms with Crippen molar-refractivity contribution >= 4 is 68.2 Å². The van der Waals surface area contributed by atoms with Crippen LogP contribution in [-0.2, 0) is 10.2 Å². The molecule has 1 spiro atoms. The van der Waals surface area contributed by atoms with Gasteiger partial charge in [0, 0.05) is 56.9 Å². The third-order valence-corrected chi connectivity index (χ3v) is 10.7. The van der Waals surface area contributed by atoms with Crippen LogP contribution >= 0.6 is 11.3 Å². The zero-order valence-electron chi connectivity index (χ0n) is 26.5. The summed E-state index contributed by atoms with van der Waals surface area (Å²) in [5.74, 6) is 0.143. The second-order valence-corrected chi connectivity index (χ2v) is 14.6. The van der Waals surface area contributed by atoms with E-state index in [-0.39, 0.29) is 23.0 Å². The quantitative estimate of drug-likeness (QED) is 0.162. The fourth-order valence-electron chi connectivity index (χ4n) is 7.58. The summed E-state index contributed by atoms with van der Waals surface area (Å²) in [6.07, 6.45) is 1.12. The zero-order chi connectivity index (χ0) is 33.0. The van der Waals surface area contributed by atoms with E-state index in [9.17, 15) is 19.2 Å². The first-order valence-electron chi connectivity index (χ1n) is 15.6. The molecule has 4 N–H and O–H groups in total. The number of hydrogen-bond donors (Lipinski definition) is 4. The lowest BCUT2D eigenvalue weighted by atomic mass is 9.82. The molecule has 5 aromatic rings. The fourth-order valence-corrected chi connectivity index (χ4v) is 8.61. The van der Waals surface area contributed by atoms with Crippen LogP contribution in [0, 0.1) is 18.8 Å². The van der Waals surface area contributed by atoms with Crippen LogP contribution in [0.15, 0.2) is 65.7 Å². The van der Waals surface area contributed by atoms with Crippen molar-refractivity contribution in [3.63, 3.8) is 0 Å². The summed E-state index contributed by atoms with van der Waals surface area (Å²) in [7, 11) is 0. The van der Waals surface area contributed by atoms with E-state index in [0.717, 1.165) is 43.5 Å². The molecule has 1 saturated heterocycles. The molecule has 2 unspecified atom stereocenters. The Kier molecular flexibility index (Phi) is 6.17. The molecule has 2 fully saturated rings. The predicted molar refractivity (Wildman–Crippen MR) is 181 cm³/mol. The number of allylic oxidation sites excluding steroid dienone is 2. The fraction of sp³-hybridized carbons (Fsp3) is 0.278. The van der Waals surface area contributed by atoms with Gasteiger partial charge in [-0.15, -0.1) is 11.3 Å². The summed E-state index contributed by atoms with van der Waals surface area (Å²) in [5.41, 5.74) is 5.59. The standard InChI is InChI=1S/C36H33N5O5S/c1-17-16-47-31-28(42)14-29-36(30(17)31)18(2)23(36)15-41(29)33(44)27-13-20-10-21(6-8-25(20)40-27)37-32(43)26-12-19-11-22(7-9-24(19)39-26)38-34(45)46-35(3,4)5/h6-14,16,18,23,39-40H,15H2,1-5H3,(H,37,43)(H,38,45)/t18-,23?,36?/m0/s1. The van der Waals surface area contributed by atoms with Crippen LogP contribution in [0.2, 0.25) is 0 Å². The van der Waals surface area contributed by atoms with Crippen molar-refractivity contribution in [3.8, 4) is 0 Å². The summed E-state index contributed by atoms with van der Waals surface area (Å²) in [4.78, 5) is 61.3. The minimum Gasteiger partial charge on any atom is -0.444 e. The van der Waals surface area contributed by atoms with E-state index >= 15 is 0 Å². The van der Waals surface area contributed by atoms with Crippen LogP contribution in [0.25, 0.3) is 21.8 Å². The molecule has 10 nitrogen and oxygen atoms in total. The van der Waals surface area contributed by atoms with Crippen LogP contribution in [0.3, 0.4) is 0 Å². The molecule has 2 aliphatic carbocycles. The van der Waals surface area contributed by atoms with Gasteiger partial charge >= 0.3 is 6.09 Å². The number of fused-ring (bicyclic) bond motifs is 3. The van der Waals surface area contributed by atoms with Crippen molar-refractivity contribution in [3.05, 3.63) is 93.1 Å². The maximum Gasteiger partial charge on any atom is 0.412 e. The lowest BCUT2D eigenvalue weighted by Gasteiger charge is -2.29. The van der Waals surface area contributed by atoms with Gasteiger partial charge in [0.2, 0.25) is 0 Å². The highest BCUT2D eigenvalue weighted by atomic mass is 32.1. The van der Waals surface area contributed by atoms with E-state index in [1.165, 1.54) is 11.3 Å². The van der Waals surface area contributed by atoms with Gasteiger partial charge in [0.25, 0.3) is 11.8 Å². The topological polar surface area (TPSA) is 136 Å². The highest BCUT2D eigenvalue weighted by Gasteiger charge is 2.73. The number of anilines is 2. The molecule has 1 aliphatic heterocycles. The number of piperidine rings is 1. The third-order valence-electron chi connectivity index (χ3n) is 9.64. The van der Waals surface area contributed by atoms with Crippen LogP contribution < -0.4 is 10.6 Å². The summed E-state index contributed by atoms with van der Waals surface area (Å²) in [5, 5.41) is 9.23. The number of carbonyl (C=O) groups excluding carboxylic acids is 4. The highest BCUT2D eigenvalue weighted by Crippen LogP contribution is 2.71. The second-order valence-electron chi connectivity index (χ2n) is 13.7. The molecule has 3 atom stereocenters. The van der Waals surface area contributed by atoms with Crippen molar-refractivity contribution in [2.75, 3.05) is 17.2 Å². The van der Waals surface area contributed by atoms with Crippen molar-refractivity contribution < 1.29 is 23.9 Å². The number of aromatic amines is 2. The molecule has 8 rings (SSSR count). The Labute approximate surface area is 274 Å². The summed E-state index contributed by atoms with van der Waals surface area (Å²) >= 11 is 1.50. The number of likely N-dealkylation sites (tertiary alicyclic amines) is 1. The molecule has 4 heterocycles. The van der Waals surface area contributed by atoms with Crippen molar-refractivity contribution in [2.24, 2.45) is 11.8 Å². The first kappa shape index (κ1) is 29.3. The van der Waals surface area contributed by atoms with Gasteiger partial charge in [-0.25, -0.2) is 4.79 Å². The van der Waals surface area contributed by atoms with E-state index in [2.05, 4.69) is 39.8 Å². The van der Waals surface area contributed by atoms with Gasteiger partial charge in [0.1, 0.15) is 17.0 Å². The molecule has 3 aliphatic rings. The van der Waals surface area contributed by atoms with Gasteiger partial charge in [-0.3, -0.25) is 19.7 Å². The number of aromatic nitrogens is 2. The molecule has 3 aromatic heterocycles. The van der Waals surface area contributed by atoms with E-state index in [1.807, 2.05) is 12.1 Å². The van der Waals surface area contributed by atoms with E-state index < -0.39 is 11.7 Å². The maximum atomic E-state index is 13.9. The second kappa shape index (κ2) is 9.92. The highest BCUT2D eigenvalue weighted by molar-refractivity contribution is 7.12. The summed E-state index contributed by atoms with van der Waals surface area (Å²) in [6, 6.07) is 14.2. The Morgan fingerprint density at radius 2 is 1.60 bits per heavy atom. The summed E-state index contributed by atoms with van der Waals surface area (Å²) in [6.45, 7) is 10.2. The molecule has 0 bridgehead atoms. The third kappa shape index (κ3) is 4.51. The number of H-pyrrole nitrogens is 2. The van der Waals surface area contributed by atoms with Gasteiger partial charge in [-0.2, -0.15) is 0 Å². The first-order valence-corrected chi connectivity index (χ1v) is 16.5. The number of hydrogen-bond acceptors (Lipinski definition) is 6. The van der Waals surface area contributed by atoms with Crippen molar-refractivity contribution in [2.45, 2.75) is 45.6 Å². The number of rotatable bonds is 4. The largest absolute Gasteiger partial charge is 0.444 e. The number of ether oxygens (including phenoxy) is 1. The number of nitrogens with one attached hydrogen (secondary N) is 4. The van der Waals surface area contributed by atoms with E-state index in [4.69, 9.17) is 4.74 Å². The Morgan fingerprint density at radius 1 is 0.957 bits per heavy atom. The van der Waals surface area contributed by atoms with Gasteiger partial charge in [0.15, 0.2) is 5.78 Å².